The van der Waals surface area contributed by atoms with Gasteiger partial charge in [0, 0.05) is 6.61 Å². The monoisotopic (exact) mass is 514 g/mol. The van der Waals surface area contributed by atoms with E-state index in [4.69, 9.17) is 19.3 Å². The fourth-order valence-electron chi connectivity index (χ4n) is 4.77. The van der Waals surface area contributed by atoms with Crippen LogP contribution in [0.2, 0.25) is 0 Å². The van der Waals surface area contributed by atoms with Crippen LogP contribution in [0.4, 0.5) is 0 Å². The smallest absolute Gasteiger partial charge is 0.0701 e. The average Bonchev–Trinajstić information content (AvgIpc) is 2.89. The Labute approximate surface area is 226 Å². The summed E-state index contributed by atoms with van der Waals surface area (Å²) in [5, 5.41) is 8.59. The molecule has 0 amide bonds. The minimum atomic E-state index is 0.0721. The zero-order valence-corrected chi connectivity index (χ0v) is 24.6. The lowest BCUT2D eigenvalue weighted by atomic mass is 10.0. The van der Waals surface area contributed by atoms with Crippen LogP contribution in [-0.2, 0) is 14.2 Å². The van der Waals surface area contributed by atoms with Gasteiger partial charge in [0.05, 0.1) is 39.6 Å². The van der Waals surface area contributed by atoms with Crippen molar-refractivity contribution in [3.63, 3.8) is 0 Å². The van der Waals surface area contributed by atoms with E-state index in [0.29, 0.717) is 33.0 Å². The van der Waals surface area contributed by atoms with E-state index in [-0.39, 0.29) is 6.61 Å². The van der Waals surface area contributed by atoms with Crippen molar-refractivity contribution in [1.29, 1.82) is 0 Å². The maximum Gasteiger partial charge on any atom is 0.0701 e. The van der Waals surface area contributed by atoms with E-state index in [1.807, 2.05) is 0 Å². The Kier molecular flexibility index (Phi) is 34.7. The van der Waals surface area contributed by atoms with Crippen molar-refractivity contribution in [2.75, 3.05) is 46.2 Å². The standard InChI is InChI=1S/C32H66O4/c1-2-3-4-5-6-7-8-9-10-11-12-13-14-15-16-17-18-19-20-21-22-23-24-25-27-34-29-31-36-32-30-35-28-26-33/h33H,2-32H2,1H3. The van der Waals surface area contributed by atoms with Gasteiger partial charge in [0.1, 0.15) is 0 Å². The van der Waals surface area contributed by atoms with E-state index in [1.165, 1.54) is 154 Å². The highest BCUT2D eigenvalue weighted by Crippen LogP contribution is 2.15. The van der Waals surface area contributed by atoms with Crippen LogP contribution in [0.1, 0.15) is 161 Å². The molecule has 0 radical (unpaired) electrons. The van der Waals surface area contributed by atoms with Crippen LogP contribution < -0.4 is 0 Å². The average molecular weight is 515 g/mol. The van der Waals surface area contributed by atoms with E-state index in [2.05, 4.69) is 6.92 Å². The van der Waals surface area contributed by atoms with Gasteiger partial charge >= 0.3 is 0 Å². The van der Waals surface area contributed by atoms with Crippen molar-refractivity contribution >= 4 is 0 Å². The largest absolute Gasteiger partial charge is 0.394 e. The van der Waals surface area contributed by atoms with Gasteiger partial charge < -0.3 is 19.3 Å². The van der Waals surface area contributed by atoms with Gasteiger partial charge in [-0.1, -0.05) is 155 Å². The number of hydrogen-bond acceptors (Lipinski definition) is 4. The highest BCUT2D eigenvalue weighted by molar-refractivity contribution is 4.51. The molecular weight excluding hydrogens is 448 g/mol. The lowest BCUT2D eigenvalue weighted by Crippen LogP contribution is -2.11. The number of ether oxygens (including phenoxy) is 3. The van der Waals surface area contributed by atoms with Crippen LogP contribution in [0.3, 0.4) is 0 Å². The van der Waals surface area contributed by atoms with Gasteiger partial charge in [0.15, 0.2) is 0 Å². The summed E-state index contributed by atoms with van der Waals surface area (Å²) in [6.45, 7) is 6.02. The molecule has 4 nitrogen and oxygen atoms in total. The fourth-order valence-corrected chi connectivity index (χ4v) is 4.77. The number of rotatable bonds is 33. The molecule has 0 bridgehead atoms. The van der Waals surface area contributed by atoms with Crippen molar-refractivity contribution in [2.45, 2.75) is 161 Å². The third kappa shape index (κ3) is 33.8. The van der Waals surface area contributed by atoms with Crippen molar-refractivity contribution < 1.29 is 19.3 Å². The Hall–Kier alpha value is -0.160. The molecule has 0 fully saturated rings. The third-order valence-corrected chi connectivity index (χ3v) is 7.12. The molecule has 1 N–H and O–H groups in total. The van der Waals surface area contributed by atoms with Crippen molar-refractivity contribution in [2.24, 2.45) is 0 Å². The Bertz CT molecular complexity index is 330. The van der Waals surface area contributed by atoms with Crippen LogP contribution in [0, 0.1) is 0 Å². The van der Waals surface area contributed by atoms with Crippen LogP contribution >= 0.6 is 0 Å². The normalized spacial score (nSPS) is 11.5. The summed E-state index contributed by atoms with van der Waals surface area (Å²) in [4.78, 5) is 0. The van der Waals surface area contributed by atoms with Crippen molar-refractivity contribution in [3.05, 3.63) is 0 Å². The van der Waals surface area contributed by atoms with E-state index in [1.54, 1.807) is 0 Å². The second-order valence-electron chi connectivity index (χ2n) is 10.7. The van der Waals surface area contributed by atoms with Crippen LogP contribution in [0.5, 0.6) is 0 Å². The van der Waals surface area contributed by atoms with Gasteiger partial charge in [-0.25, -0.2) is 0 Å². The minimum absolute atomic E-state index is 0.0721. The maximum atomic E-state index is 8.59. The summed E-state index contributed by atoms with van der Waals surface area (Å²) in [5.41, 5.74) is 0. The van der Waals surface area contributed by atoms with Gasteiger partial charge in [-0.15, -0.1) is 0 Å². The highest BCUT2D eigenvalue weighted by Gasteiger charge is 1.97. The first-order valence-corrected chi connectivity index (χ1v) is 16.3. The Balaban J connectivity index is 3.00. The van der Waals surface area contributed by atoms with Gasteiger partial charge in [-0.3, -0.25) is 0 Å². The number of unbranched alkanes of at least 4 members (excludes halogenated alkanes) is 23. The molecule has 0 atom stereocenters. The van der Waals surface area contributed by atoms with Crippen LogP contribution in [0.15, 0.2) is 0 Å². The van der Waals surface area contributed by atoms with Crippen molar-refractivity contribution in [3.8, 4) is 0 Å². The fraction of sp³-hybridized carbons (Fsp3) is 1.00. The Morgan fingerprint density at radius 2 is 0.556 bits per heavy atom. The second-order valence-corrected chi connectivity index (χ2v) is 10.7. The quantitative estimate of drug-likeness (QED) is 0.0886. The molecule has 0 aliphatic heterocycles. The van der Waals surface area contributed by atoms with E-state index >= 15 is 0 Å². The molecule has 0 saturated carbocycles. The Morgan fingerprint density at radius 3 is 0.861 bits per heavy atom. The lowest BCUT2D eigenvalue weighted by Gasteiger charge is -2.06. The zero-order valence-electron chi connectivity index (χ0n) is 24.6. The lowest BCUT2D eigenvalue weighted by molar-refractivity contribution is 0.00719. The predicted octanol–water partition coefficient (Wildman–Crippen LogP) is 9.41. The van der Waals surface area contributed by atoms with E-state index in [9.17, 15) is 0 Å². The number of aliphatic hydroxyl groups is 1. The predicted molar refractivity (Wildman–Crippen MR) is 156 cm³/mol. The van der Waals surface area contributed by atoms with E-state index in [0.717, 1.165) is 6.61 Å². The molecule has 0 aliphatic rings. The molecule has 0 aromatic rings. The number of aliphatic hydroxyl groups excluding tert-OH is 1. The van der Waals surface area contributed by atoms with Gasteiger partial charge in [0.25, 0.3) is 0 Å². The third-order valence-electron chi connectivity index (χ3n) is 7.12. The highest BCUT2D eigenvalue weighted by atomic mass is 16.5. The molecule has 0 aromatic carbocycles. The summed E-state index contributed by atoms with van der Waals surface area (Å²) >= 11 is 0. The minimum Gasteiger partial charge on any atom is -0.394 e. The van der Waals surface area contributed by atoms with Gasteiger partial charge in [0.2, 0.25) is 0 Å². The topological polar surface area (TPSA) is 47.9 Å². The maximum absolute atomic E-state index is 8.59. The molecule has 36 heavy (non-hydrogen) atoms. The van der Waals surface area contributed by atoms with Crippen molar-refractivity contribution in [1.82, 2.24) is 0 Å². The summed E-state index contributed by atoms with van der Waals surface area (Å²) in [6.07, 6.45) is 34.3. The molecule has 0 saturated heterocycles. The van der Waals surface area contributed by atoms with E-state index < -0.39 is 0 Å². The molecule has 0 rings (SSSR count). The molecule has 0 spiro atoms. The van der Waals surface area contributed by atoms with Crippen LogP contribution in [0.25, 0.3) is 0 Å². The summed E-state index contributed by atoms with van der Waals surface area (Å²) in [7, 11) is 0. The first-order valence-electron chi connectivity index (χ1n) is 16.3. The van der Waals surface area contributed by atoms with Gasteiger partial charge in [-0.2, -0.15) is 0 Å². The zero-order chi connectivity index (χ0) is 26.0. The summed E-state index contributed by atoms with van der Waals surface area (Å²) in [6, 6.07) is 0. The molecular formula is C32H66O4. The van der Waals surface area contributed by atoms with Crippen LogP contribution in [-0.4, -0.2) is 51.4 Å². The number of hydrogen-bond donors (Lipinski definition) is 1. The molecule has 218 valence electrons. The SMILES string of the molecule is CCCCCCCCCCCCCCCCCCCCCCCCCCOCCOCCOCCO. The first-order chi connectivity index (χ1) is 17.9. The molecule has 4 heteroatoms. The molecule has 0 heterocycles. The molecule has 0 aromatic heterocycles. The molecule has 0 aliphatic carbocycles. The van der Waals surface area contributed by atoms with Gasteiger partial charge in [-0.05, 0) is 6.42 Å². The summed E-state index contributed by atoms with van der Waals surface area (Å²) in [5.74, 6) is 0. The summed E-state index contributed by atoms with van der Waals surface area (Å²) < 4.78 is 16.1. The first kappa shape index (κ1) is 35.8. The second kappa shape index (κ2) is 34.8. The Morgan fingerprint density at radius 1 is 0.306 bits per heavy atom. The molecule has 0 unspecified atom stereocenters.